The van der Waals surface area contributed by atoms with Crippen LogP contribution in [0.5, 0.6) is 0 Å². The normalized spacial score (nSPS) is 13.4. The number of hydrogen-bond acceptors (Lipinski definition) is 3. The summed E-state index contributed by atoms with van der Waals surface area (Å²) in [6, 6.07) is 5.27. The van der Waals surface area contributed by atoms with E-state index in [-0.39, 0.29) is 6.54 Å². The molecule has 14 heavy (non-hydrogen) atoms. The van der Waals surface area contributed by atoms with E-state index in [1.54, 1.807) is 24.5 Å². The molecule has 3 nitrogen and oxygen atoms in total. The molecular weight excluding hydrogens is 202 g/mol. The number of aliphatic hydroxyl groups is 1. The first-order chi connectivity index (χ1) is 6.74. The Labute approximate surface area is 86.1 Å². The van der Waals surface area contributed by atoms with E-state index >= 15 is 0 Å². The number of nitrogens with two attached hydrogens (primary N) is 1. The van der Waals surface area contributed by atoms with Crippen LogP contribution in [-0.4, -0.2) is 11.7 Å². The van der Waals surface area contributed by atoms with Crippen LogP contribution in [0.2, 0.25) is 5.02 Å². The summed E-state index contributed by atoms with van der Waals surface area (Å²) in [7, 11) is 0. The van der Waals surface area contributed by atoms with Gasteiger partial charge in [-0.2, -0.15) is 0 Å². The lowest BCUT2D eigenvalue weighted by Gasteiger charge is -2.09. The molecule has 1 aromatic carbocycles. The number of furan rings is 1. The number of benzene rings is 1. The van der Waals surface area contributed by atoms with Crippen molar-refractivity contribution in [1.29, 1.82) is 0 Å². The lowest BCUT2D eigenvalue weighted by molar-refractivity contribution is 0.187. The Morgan fingerprint density at radius 1 is 1.43 bits per heavy atom. The largest absolute Gasteiger partial charge is 0.464 e. The first-order valence-electron chi connectivity index (χ1n) is 4.27. The fourth-order valence-corrected chi connectivity index (χ4v) is 1.75. The van der Waals surface area contributed by atoms with E-state index in [9.17, 15) is 5.11 Å². The van der Waals surface area contributed by atoms with Gasteiger partial charge in [0.05, 0.1) is 17.4 Å². The number of rotatable bonds is 2. The van der Waals surface area contributed by atoms with Crippen molar-refractivity contribution in [3.05, 3.63) is 35.0 Å². The summed E-state index contributed by atoms with van der Waals surface area (Å²) in [6.45, 7) is 0.156. The summed E-state index contributed by atoms with van der Waals surface area (Å²) < 4.78 is 5.17. The van der Waals surface area contributed by atoms with Crippen molar-refractivity contribution in [3.8, 4) is 0 Å². The van der Waals surface area contributed by atoms with E-state index in [1.807, 2.05) is 0 Å². The monoisotopic (exact) mass is 211 g/mol. The Kier molecular flexibility index (Phi) is 2.46. The minimum absolute atomic E-state index is 0.156. The van der Waals surface area contributed by atoms with Gasteiger partial charge in [0.25, 0.3) is 0 Å². The fraction of sp³-hybridized carbons (Fsp3) is 0.200. The molecule has 2 aromatic rings. The van der Waals surface area contributed by atoms with Gasteiger partial charge in [-0.25, -0.2) is 0 Å². The molecule has 0 aliphatic rings. The number of aliphatic hydroxyl groups excluding tert-OH is 1. The molecule has 1 heterocycles. The smallest absolute Gasteiger partial charge is 0.135 e. The quantitative estimate of drug-likeness (QED) is 0.800. The maximum absolute atomic E-state index is 9.57. The molecule has 1 aromatic heterocycles. The van der Waals surface area contributed by atoms with Crippen LogP contribution in [0.15, 0.2) is 28.9 Å². The molecule has 2 rings (SSSR count). The van der Waals surface area contributed by atoms with Crippen LogP contribution in [0.1, 0.15) is 11.7 Å². The second-order valence-corrected chi connectivity index (χ2v) is 3.43. The fourth-order valence-electron chi connectivity index (χ4n) is 1.41. The SMILES string of the molecule is NCC(O)c1ccc2occc2c1Cl. The predicted molar refractivity (Wildman–Crippen MR) is 55.2 cm³/mol. The van der Waals surface area contributed by atoms with Crippen LogP contribution in [0.4, 0.5) is 0 Å². The van der Waals surface area contributed by atoms with Gasteiger partial charge in [-0.15, -0.1) is 0 Å². The van der Waals surface area contributed by atoms with Crippen molar-refractivity contribution in [2.75, 3.05) is 6.54 Å². The molecule has 0 bridgehead atoms. The molecule has 1 unspecified atom stereocenters. The number of hydrogen-bond donors (Lipinski definition) is 2. The molecule has 0 aliphatic heterocycles. The zero-order chi connectivity index (χ0) is 10.1. The van der Waals surface area contributed by atoms with Gasteiger partial charge < -0.3 is 15.3 Å². The highest BCUT2D eigenvalue weighted by molar-refractivity contribution is 6.36. The van der Waals surface area contributed by atoms with Crippen molar-refractivity contribution >= 4 is 22.6 Å². The molecule has 0 radical (unpaired) electrons. The van der Waals surface area contributed by atoms with Gasteiger partial charge in [-0.3, -0.25) is 0 Å². The minimum atomic E-state index is -0.721. The van der Waals surface area contributed by atoms with Crippen molar-refractivity contribution in [2.24, 2.45) is 5.73 Å². The first-order valence-corrected chi connectivity index (χ1v) is 4.65. The van der Waals surface area contributed by atoms with Crippen molar-refractivity contribution < 1.29 is 9.52 Å². The van der Waals surface area contributed by atoms with Crippen LogP contribution in [0, 0.1) is 0 Å². The first kappa shape index (κ1) is 9.52. The summed E-state index contributed by atoms with van der Waals surface area (Å²) in [5.41, 5.74) is 6.71. The summed E-state index contributed by atoms with van der Waals surface area (Å²) in [6.07, 6.45) is 0.844. The molecule has 0 amide bonds. The Hall–Kier alpha value is -1.03. The lowest BCUT2D eigenvalue weighted by Crippen LogP contribution is -2.11. The Balaban J connectivity index is 2.61. The Morgan fingerprint density at radius 3 is 2.93 bits per heavy atom. The second kappa shape index (κ2) is 3.61. The van der Waals surface area contributed by atoms with Crippen LogP contribution < -0.4 is 5.73 Å². The molecule has 74 valence electrons. The lowest BCUT2D eigenvalue weighted by atomic mass is 10.1. The molecule has 1 atom stereocenters. The van der Waals surface area contributed by atoms with Gasteiger partial charge >= 0.3 is 0 Å². The van der Waals surface area contributed by atoms with Crippen molar-refractivity contribution in [3.63, 3.8) is 0 Å². The van der Waals surface area contributed by atoms with Gasteiger partial charge in [0.15, 0.2) is 0 Å². The van der Waals surface area contributed by atoms with Crippen molar-refractivity contribution in [1.82, 2.24) is 0 Å². The average molecular weight is 212 g/mol. The van der Waals surface area contributed by atoms with Crippen molar-refractivity contribution in [2.45, 2.75) is 6.10 Å². The van der Waals surface area contributed by atoms with Crippen LogP contribution in [0.3, 0.4) is 0 Å². The van der Waals surface area contributed by atoms with Crippen LogP contribution >= 0.6 is 11.6 Å². The highest BCUT2D eigenvalue weighted by Crippen LogP contribution is 2.31. The van der Waals surface area contributed by atoms with E-state index in [4.69, 9.17) is 21.8 Å². The molecule has 0 spiro atoms. The highest BCUT2D eigenvalue weighted by atomic mass is 35.5. The van der Waals surface area contributed by atoms with E-state index in [0.29, 0.717) is 16.2 Å². The average Bonchev–Trinajstić information content (AvgIpc) is 2.66. The zero-order valence-corrected chi connectivity index (χ0v) is 8.16. The molecule has 0 fully saturated rings. The molecule has 4 heteroatoms. The molecule has 0 saturated carbocycles. The highest BCUT2D eigenvalue weighted by Gasteiger charge is 2.13. The standard InChI is InChI=1S/C10H10ClNO2/c11-10-6(8(13)5-12)1-2-9-7(10)3-4-14-9/h1-4,8,13H,5,12H2. The summed E-state index contributed by atoms with van der Waals surface area (Å²) in [5.74, 6) is 0. The topological polar surface area (TPSA) is 59.4 Å². The maximum Gasteiger partial charge on any atom is 0.135 e. The third-order valence-electron chi connectivity index (χ3n) is 2.18. The van der Waals surface area contributed by atoms with Crippen LogP contribution in [-0.2, 0) is 0 Å². The zero-order valence-electron chi connectivity index (χ0n) is 7.40. The van der Waals surface area contributed by atoms with Gasteiger partial charge in [-0.1, -0.05) is 17.7 Å². The summed E-state index contributed by atoms with van der Waals surface area (Å²) in [4.78, 5) is 0. The van der Waals surface area contributed by atoms with E-state index in [1.165, 1.54) is 0 Å². The third-order valence-corrected chi connectivity index (χ3v) is 2.60. The number of fused-ring (bicyclic) bond motifs is 1. The molecule has 0 aliphatic carbocycles. The maximum atomic E-state index is 9.57. The summed E-state index contributed by atoms with van der Waals surface area (Å²) in [5, 5.41) is 10.9. The molecular formula is C10H10ClNO2. The van der Waals surface area contributed by atoms with E-state index < -0.39 is 6.10 Å². The Morgan fingerprint density at radius 2 is 2.21 bits per heavy atom. The van der Waals surface area contributed by atoms with Gasteiger partial charge in [0, 0.05) is 17.5 Å². The number of halogens is 1. The molecule has 3 N–H and O–H groups in total. The second-order valence-electron chi connectivity index (χ2n) is 3.05. The van der Waals surface area contributed by atoms with Crippen LogP contribution in [0.25, 0.3) is 11.0 Å². The predicted octanol–water partition coefficient (Wildman–Crippen LogP) is 2.08. The van der Waals surface area contributed by atoms with E-state index in [0.717, 1.165) is 5.39 Å². The minimum Gasteiger partial charge on any atom is -0.464 e. The van der Waals surface area contributed by atoms with Gasteiger partial charge in [-0.05, 0) is 12.1 Å². The van der Waals surface area contributed by atoms with Gasteiger partial charge in [0.1, 0.15) is 5.58 Å². The van der Waals surface area contributed by atoms with Gasteiger partial charge in [0.2, 0.25) is 0 Å². The molecule has 0 saturated heterocycles. The Bertz CT molecular complexity index is 452. The third kappa shape index (κ3) is 1.39. The summed E-state index contributed by atoms with van der Waals surface area (Å²) >= 11 is 6.08. The van der Waals surface area contributed by atoms with E-state index in [2.05, 4.69) is 0 Å².